The van der Waals surface area contributed by atoms with E-state index in [1.165, 1.54) is 0 Å². The van der Waals surface area contributed by atoms with E-state index in [0.717, 1.165) is 18.8 Å². The van der Waals surface area contributed by atoms with Crippen molar-refractivity contribution in [3.8, 4) is 0 Å². The van der Waals surface area contributed by atoms with Crippen molar-refractivity contribution < 1.29 is 9.66 Å². The maximum absolute atomic E-state index is 11.2. The maximum atomic E-state index is 11.2. The Morgan fingerprint density at radius 3 is 2.86 bits per heavy atom. The molecule has 0 saturated carbocycles. The van der Waals surface area contributed by atoms with Gasteiger partial charge in [-0.15, -0.1) is 0 Å². The smallest absolute Gasteiger partial charge is 0.278 e. The number of hydrogen-bond acceptors (Lipinski definition) is 5. The Hall–Kier alpha value is -2.21. The summed E-state index contributed by atoms with van der Waals surface area (Å²) >= 11 is 0. The summed E-state index contributed by atoms with van der Waals surface area (Å²) in [6, 6.07) is 6.83. The van der Waals surface area contributed by atoms with Crippen LogP contribution in [0.4, 0.5) is 11.4 Å². The molecule has 0 N–H and O–H groups in total. The molecule has 0 amide bonds. The number of rotatable bonds is 2. The largest absolute Gasteiger partial charge is 0.369 e. The molecule has 2 aromatic rings. The molecule has 2 heterocycles. The molecule has 1 saturated heterocycles. The normalized spacial score (nSPS) is 21.0. The van der Waals surface area contributed by atoms with Crippen molar-refractivity contribution in [3.05, 3.63) is 40.6 Å². The number of morpholine rings is 1. The number of hydrogen-bond donors (Lipinski definition) is 0. The van der Waals surface area contributed by atoms with Crippen molar-refractivity contribution in [1.29, 1.82) is 0 Å². The minimum Gasteiger partial charge on any atom is -0.369 e. The first-order chi connectivity index (χ1) is 10.4. The Labute approximate surface area is 128 Å². The van der Waals surface area contributed by atoms with E-state index in [0.29, 0.717) is 10.9 Å². The summed E-state index contributed by atoms with van der Waals surface area (Å²) in [7, 11) is 0. The highest BCUT2D eigenvalue weighted by molar-refractivity contribution is 5.97. The van der Waals surface area contributed by atoms with Crippen molar-refractivity contribution in [2.45, 2.75) is 32.5 Å². The van der Waals surface area contributed by atoms with Crippen LogP contribution in [0.2, 0.25) is 0 Å². The summed E-state index contributed by atoms with van der Waals surface area (Å²) < 4.78 is 5.93. The predicted molar refractivity (Wildman–Crippen MR) is 85.2 cm³/mol. The number of ether oxygens (including phenoxy) is 1. The Morgan fingerprint density at radius 2 is 2.18 bits per heavy atom. The molecule has 6 heteroatoms. The molecule has 6 nitrogen and oxygen atoms in total. The molecule has 0 radical (unpaired) electrons. The number of nitro benzene ring substituents is 1. The number of nitro groups is 1. The average molecular weight is 301 g/mol. The third-order valence-corrected chi connectivity index (χ3v) is 3.83. The van der Waals surface area contributed by atoms with E-state index in [4.69, 9.17) is 4.74 Å². The summed E-state index contributed by atoms with van der Waals surface area (Å²) in [6.45, 7) is 7.61. The lowest BCUT2D eigenvalue weighted by Crippen LogP contribution is -2.52. The van der Waals surface area contributed by atoms with E-state index in [1.54, 1.807) is 30.5 Å². The molecule has 1 aliphatic rings. The summed E-state index contributed by atoms with van der Waals surface area (Å²) in [4.78, 5) is 17.4. The van der Waals surface area contributed by atoms with Crippen LogP contribution in [0.1, 0.15) is 20.8 Å². The maximum Gasteiger partial charge on any atom is 0.278 e. The Morgan fingerprint density at radius 1 is 1.41 bits per heavy atom. The van der Waals surface area contributed by atoms with Gasteiger partial charge in [0, 0.05) is 25.4 Å². The van der Waals surface area contributed by atoms with Crippen LogP contribution < -0.4 is 4.90 Å². The Kier molecular flexibility index (Phi) is 3.48. The fourth-order valence-electron chi connectivity index (χ4n) is 3.19. The molecule has 1 unspecified atom stereocenters. The van der Waals surface area contributed by atoms with Crippen LogP contribution in [0.15, 0.2) is 30.5 Å². The van der Waals surface area contributed by atoms with Crippen molar-refractivity contribution in [2.24, 2.45) is 0 Å². The number of fused-ring (bicyclic) bond motifs is 1. The van der Waals surface area contributed by atoms with Gasteiger partial charge in [0.25, 0.3) is 5.69 Å². The molecule has 1 atom stereocenters. The highest BCUT2D eigenvalue weighted by Gasteiger charge is 2.32. The first-order valence-electron chi connectivity index (χ1n) is 7.32. The molecular weight excluding hydrogens is 282 g/mol. The van der Waals surface area contributed by atoms with E-state index < -0.39 is 0 Å². The second-order valence-corrected chi connectivity index (χ2v) is 6.33. The summed E-state index contributed by atoms with van der Waals surface area (Å²) in [5.41, 5.74) is 1.42. The number of nitrogens with zero attached hydrogens (tertiary/aromatic N) is 3. The van der Waals surface area contributed by atoms with E-state index in [1.807, 2.05) is 6.92 Å². The zero-order valence-electron chi connectivity index (χ0n) is 12.9. The molecule has 1 fully saturated rings. The fraction of sp³-hybridized carbons (Fsp3) is 0.438. The van der Waals surface area contributed by atoms with Gasteiger partial charge in [-0.05, 0) is 39.0 Å². The van der Waals surface area contributed by atoms with E-state index in [-0.39, 0.29) is 22.3 Å². The Bertz CT molecular complexity index is 730. The van der Waals surface area contributed by atoms with Gasteiger partial charge in [0.2, 0.25) is 0 Å². The van der Waals surface area contributed by atoms with Gasteiger partial charge in [-0.2, -0.15) is 0 Å². The van der Waals surface area contributed by atoms with E-state index >= 15 is 0 Å². The van der Waals surface area contributed by atoms with Crippen LogP contribution in [0.25, 0.3) is 10.9 Å². The van der Waals surface area contributed by atoms with Crippen LogP contribution in [-0.4, -0.2) is 34.7 Å². The highest BCUT2D eigenvalue weighted by atomic mass is 16.6. The van der Waals surface area contributed by atoms with Gasteiger partial charge < -0.3 is 9.64 Å². The predicted octanol–water partition coefficient (Wildman–Crippen LogP) is 3.15. The second-order valence-electron chi connectivity index (χ2n) is 6.33. The quantitative estimate of drug-likeness (QED) is 0.629. The number of non-ortho nitro benzene ring substituents is 1. The topological polar surface area (TPSA) is 68.5 Å². The van der Waals surface area contributed by atoms with E-state index in [9.17, 15) is 10.1 Å². The molecule has 3 rings (SSSR count). The zero-order valence-corrected chi connectivity index (χ0v) is 12.9. The molecule has 1 aliphatic heterocycles. The molecule has 22 heavy (non-hydrogen) atoms. The second kappa shape index (κ2) is 5.21. The van der Waals surface area contributed by atoms with Crippen molar-refractivity contribution in [1.82, 2.24) is 4.98 Å². The molecule has 0 bridgehead atoms. The number of aromatic nitrogens is 1. The van der Waals surface area contributed by atoms with Gasteiger partial charge in [-0.25, -0.2) is 0 Å². The lowest BCUT2D eigenvalue weighted by molar-refractivity contribution is -0.383. The van der Waals surface area contributed by atoms with Gasteiger partial charge in [-0.3, -0.25) is 15.1 Å². The zero-order chi connectivity index (χ0) is 15.9. The van der Waals surface area contributed by atoms with Gasteiger partial charge in [0.15, 0.2) is 0 Å². The SMILES string of the molecule is CC1CN(c2ccc([N+](=O)[O-])c3cccnc23)CC(C)(C)O1. The molecule has 116 valence electrons. The van der Waals surface area contributed by atoms with Crippen LogP contribution >= 0.6 is 0 Å². The van der Waals surface area contributed by atoms with Crippen LogP contribution in [-0.2, 0) is 4.74 Å². The number of benzene rings is 1. The fourth-order valence-corrected chi connectivity index (χ4v) is 3.19. The van der Waals surface area contributed by atoms with Gasteiger partial charge in [0.1, 0.15) is 5.52 Å². The average Bonchev–Trinajstić information content (AvgIpc) is 2.43. The molecular formula is C16H19N3O3. The van der Waals surface area contributed by atoms with Crippen molar-refractivity contribution in [2.75, 3.05) is 18.0 Å². The molecule has 0 aliphatic carbocycles. The van der Waals surface area contributed by atoms with Crippen molar-refractivity contribution >= 4 is 22.3 Å². The first kappa shape index (κ1) is 14.7. The Balaban J connectivity index is 2.12. The summed E-state index contributed by atoms with van der Waals surface area (Å²) in [5.74, 6) is 0. The van der Waals surface area contributed by atoms with E-state index in [2.05, 4.69) is 23.7 Å². The lowest BCUT2D eigenvalue weighted by Gasteiger charge is -2.43. The van der Waals surface area contributed by atoms with Crippen LogP contribution in [0, 0.1) is 10.1 Å². The monoisotopic (exact) mass is 301 g/mol. The van der Waals surface area contributed by atoms with Gasteiger partial charge in [0.05, 0.1) is 27.7 Å². The summed E-state index contributed by atoms with van der Waals surface area (Å²) in [5, 5.41) is 11.8. The number of pyridine rings is 1. The first-order valence-corrected chi connectivity index (χ1v) is 7.32. The highest BCUT2D eigenvalue weighted by Crippen LogP contribution is 2.34. The van der Waals surface area contributed by atoms with Crippen LogP contribution in [0.5, 0.6) is 0 Å². The lowest BCUT2D eigenvalue weighted by atomic mass is 10.0. The third-order valence-electron chi connectivity index (χ3n) is 3.83. The molecule has 1 aromatic carbocycles. The van der Waals surface area contributed by atoms with Gasteiger partial charge >= 0.3 is 0 Å². The van der Waals surface area contributed by atoms with Crippen molar-refractivity contribution in [3.63, 3.8) is 0 Å². The number of anilines is 1. The molecule has 0 spiro atoms. The molecule has 1 aromatic heterocycles. The van der Waals surface area contributed by atoms with Gasteiger partial charge in [-0.1, -0.05) is 0 Å². The standard InChI is InChI=1S/C16H19N3O3/c1-11-9-18(10-16(2,3)22-11)14-7-6-13(19(20)21)12-5-4-8-17-15(12)14/h4-8,11H,9-10H2,1-3H3. The third kappa shape index (κ3) is 2.62. The summed E-state index contributed by atoms with van der Waals surface area (Å²) in [6.07, 6.45) is 1.77. The minimum absolute atomic E-state index is 0.0902. The van der Waals surface area contributed by atoms with Crippen LogP contribution in [0.3, 0.4) is 0 Å². The minimum atomic E-state index is -0.361.